The molecule has 11 heavy (non-hydrogen) atoms. The summed E-state index contributed by atoms with van der Waals surface area (Å²) in [6.45, 7) is 0. The Kier molecular flexibility index (Phi) is 2.09. The summed E-state index contributed by atoms with van der Waals surface area (Å²) in [6, 6.07) is 0. The van der Waals surface area contributed by atoms with Crippen LogP contribution in [-0.2, 0) is 7.05 Å². The fourth-order valence-corrected chi connectivity index (χ4v) is 0.831. The fraction of sp³-hybridized carbons (Fsp3) is 0.333. The highest BCUT2D eigenvalue weighted by Gasteiger charge is 1.97. The van der Waals surface area contributed by atoms with E-state index in [4.69, 9.17) is 17.0 Å². The first-order valence-corrected chi connectivity index (χ1v) is 3.40. The molecule has 4 nitrogen and oxygen atoms in total. The Morgan fingerprint density at radius 1 is 1.73 bits per heavy atom. The Morgan fingerprint density at radius 2 is 2.36 bits per heavy atom. The van der Waals surface area contributed by atoms with Crippen LogP contribution in [0.25, 0.3) is 0 Å². The quantitative estimate of drug-likeness (QED) is 0.626. The first kappa shape index (κ1) is 8.00. The number of hydrogen-bond donors (Lipinski definition) is 1. The van der Waals surface area contributed by atoms with Crippen molar-refractivity contribution in [2.45, 2.75) is 0 Å². The maximum Gasteiger partial charge on any atom is 0.294 e. The van der Waals surface area contributed by atoms with Crippen LogP contribution in [0.2, 0.25) is 0 Å². The highest BCUT2D eigenvalue weighted by molar-refractivity contribution is 7.71. The molecule has 0 unspecified atom stereocenters. The lowest BCUT2D eigenvalue weighted by atomic mass is 10.6. The van der Waals surface area contributed by atoms with Crippen molar-refractivity contribution in [1.29, 1.82) is 0 Å². The molecule has 5 heteroatoms. The van der Waals surface area contributed by atoms with Crippen molar-refractivity contribution in [3.63, 3.8) is 0 Å². The predicted molar refractivity (Wildman–Crippen MR) is 43.4 cm³/mol. The summed E-state index contributed by atoms with van der Waals surface area (Å²) >= 11 is 4.80. The largest absolute Gasteiger partial charge is 0.490 e. The Bertz CT molecular complexity index is 366. The van der Waals surface area contributed by atoms with Gasteiger partial charge in [-0.2, -0.15) is 0 Å². The minimum atomic E-state index is -0.296. The lowest BCUT2D eigenvalue weighted by Gasteiger charge is -2.00. The number of aromatic amines is 1. The number of nitrogens with zero attached hydrogens (tertiary/aromatic N) is 1. The summed E-state index contributed by atoms with van der Waals surface area (Å²) in [7, 11) is 3.18. The zero-order valence-electron chi connectivity index (χ0n) is 6.25. The van der Waals surface area contributed by atoms with Gasteiger partial charge >= 0.3 is 0 Å². The van der Waals surface area contributed by atoms with Crippen molar-refractivity contribution in [1.82, 2.24) is 9.55 Å². The van der Waals surface area contributed by atoms with Gasteiger partial charge in [-0.1, -0.05) is 0 Å². The topological polar surface area (TPSA) is 47.0 Å². The number of rotatable bonds is 1. The third-order valence-corrected chi connectivity index (χ3v) is 1.69. The first-order valence-electron chi connectivity index (χ1n) is 2.99. The lowest BCUT2D eigenvalue weighted by Crippen LogP contribution is -2.13. The number of nitrogens with one attached hydrogen (secondary N) is 1. The highest BCUT2D eigenvalue weighted by Crippen LogP contribution is 1.97. The van der Waals surface area contributed by atoms with Crippen molar-refractivity contribution in [2.24, 2.45) is 7.05 Å². The van der Waals surface area contributed by atoms with Crippen molar-refractivity contribution in [3.8, 4) is 5.75 Å². The first-order chi connectivity index (χ1) is 5.15. The molecular formula is C6H8N2O2S. The number of hydrogen-bond acceptors (Lipinski definition) is 3. The average Bonchev–Trinajstić information content (AvgIpc) is 1.97. The highest BCUT2D eigenvalue weighted by atomic mass is 32.1. The normalized spacial score (nSPS) is 9.64. The summed E-state index contributed by atoms with van der Waals surface area (Å²) in [5, 5.41) is 0. The third kappa shape index (κ3) is 1.48. The summed E-state index contributed by atoms with van der Waals surface area (Å²) in [5.74, 6) is 0.265. The van der Waals surface area contributed by atoms with Gasteiger partial charge in [0.2, 0.25) is 5.75 Å². The summed E-state index contributed by atoms with van der Waals surface area (Å²) in [5.41, 5.74) is -0.296. The second-order valence-electron chi connectivity index (χ2n) is 2.07. The van der Waals surface area contributed by atoms with Crippen LogP contribution in [-0.4, -0.2) is 16.7 Å². The van der Waals surface area contributed by atoms with Gasteiger partial charge in [-0.3, -0.25) is 9.78 Å². The van der Waals surface area contributed by atoms with E-state index in [2.05, 4.69) is 4.98 Å². The monoisotopic (exact) mass is 172 g/mol. The second kappa shape index (κ2) is 2.87. The SMILES string of the molecule is COc1cn(C)c(=S)[nH]c1=O. The molecule has 0 aromatic carbocycles. The molecule has 0 aliphatic carbocycles. The molecule has 0 bridgehead atoms. The third-order valence-electron chi connectivity index (χ3n) is 1.30. The van der Waals surface area contributed by atoms with Gasteiger partial charge in [0.15, 0.2) is 4.77 Å². The fourth-order valence-electron chi connectivity index (χ4n) is 0.685. The van der Waals surface area contributed by atoms with E-state index in [0.29, 0.717) is 4.77 Å². The van der Waals surface area contributed by atoms with Crippen LogP contribution in [0.3, 0.4) is 0 Å². The Hall–Kier alpha value is -1.10. The van der Waals surface area contributed by atoms with Gasteiger partial charge in [-0.15, -0.1) is 0 Å². The maximum absolute atomic E-state index is 11.0. The van der Waals surface area contributed by atoms with Gasteiger partial charge in [0.1, 0.15) is 0 Å². The smallest absolute Gasteiger partial charge is 0.294 e. The van der Waals surface area contributed by atoms with Crippen molar-refractivity contribution in [2.75, 3.05) is 7.11 Å². The van der Waals surface area contributed by atoms with Crippen LogP contribution in [0.1, 0.15) is 0 Å². The zero-order chi connectivity index (χ0) is 8.43. The molecular weight excluding hydrogens is 164 g/mol. The Labute approximate surface area is 68.4 Å². The Morgan fingerprint density at radius 3 is 2.91 bits per heavy atom. The molecule has 1 aromatic heterocycles. The van der Waals surface area contributed by atoms with E-state index in [1.54, 1.807) is 17.8 Å². The molecule has 1 heterocycles. The summed E-state index contributed by atoms with van der Waals surface area (Å²) in [6.07, 6.45) is 1.54. The van der Waals surface area contributed by atoms with E-state index in [0.717, 1.165) is 0 Å². The van der Waals surface area contributed by atoms with Crippen LogP contribution < -0.4 is 10.3 Å². The molecule has 0 spiro atoms. The van der Waals surface area contributed by atoms with Gasteiger partial charge < -0.3 is 9.30 Å². The molecule has 1 N–H and O–H groups in total. The molecule has 0 saturated carbocycles. The second-order valence-corrected chi connectivity index (χ2v) is 2.45. The van der Waals surface area contributed by atoms with Crippen LogP contribution in [0.4, 0.5) is 0 Å². The maximum atomic E-state index is 11.0. The van der Waals surface area contributed by atoms with E-state index in [-0.39, 0.29) is 11.3 Å². The molecule has 0 radical (unpaired) electrons. The van der Waals surface area contributed by atoms with Crippen molar-refractivity contribution in [3.05, 3.63) is 21.3 Å². The van der Waals surface area contributed by atoms with Crippen LogP contribution >= 0.6 is 12.2 Å². The summed E-state index contributed by atoms with van der Waals surface area (Å²) < 4.78 is 6.76. The van der Waals surface area contributed by atoms with Gasteiger partial charge in [-0.05, 0) is 12.2 Å². The number of aromatic nitrogens is 2. The van der Waals surface area contributed by atoms with E-state index in [9.17, 15) is 4.79 Å². The van der Waals surface area contributed by atoms with Gasteiger partial charge in [-0.25, -0.2) is 0 Å². The van der Waals surface area contributed by atoms with E-state index >= 15 is 0 Å². The molecule has 0 saturated heterocycles. The van der Waals surface area contributed by atoms with Crippen LogP contribution in [0.15, 0.2) is 11.0 Å². The Balaban J connectivity index is 3.45. The van der Waals surface area contributed by atoms with Crippen molar-refractivity contribution < 1.29 is 4.74 Å². The van der Waals surface area contributed by atoms with E-state index in [1.165, 1.54) is 7.11 Å². The summed E-state index contributed by atoms with van der Waals surface area (Å²) in [4.78, 5) is 13.4. The molecule has 0 amide bonds. The number of aryl methyl sites for hydroxylation is 1. The molecule has 0 fully saturated rings. The van der Waals surface area contributed by atoms with Gasteiger partial charge in [0.25, 0.3) is 5.56 Å². The predicted octanol–water partition coefficient (Wildman–Crippen LogP) is 0.451. The minimum absolute atomic E-state index is 0.265. The number of ether oxygens (including phenoxy) is 1. The van der Waals surface area contributed by atoms with Crippen LogP contribution in [0.5, 0.6) is 5.75 Å². The molecule has 0 atom stereocenters. The van der Waals surface area contributed by atoms with Gasteiger partial charge in [0.05, 0.1) is 13.3 Å². The molecule has 1 aromatic rings. The van der Waals surface area contributed by atoms with Crippen molar-refractivity contribution >= 4 is 12.2 Å². The number of H-pyrrole nitrogens is 1. The lowest BCUT2D eigenvalue weighted by molar-refractivity contribution is 0.402. The minimum Gasteiger partial charge on any atom is -0.490 e. The van der Waals surface area contributed by atoms with Crippen LogP contribution in [0, 0.1) is 4.77 Å². The standard InChI is InChI=1S/C6H8N2O2S/c1-8-3-4(10-2)5(9)7-6(8)11/h3H,1-2H3,(H,7,9,11). The van der Waals surface area contributed by atoms with E-state index in [1.807, 2.05) is 0 Å². The molecule has 0 aliphatic heterocycles. The van der Waals surface area contributed by atoms with E-state index < -0.39 is 0 Å². The average molecular weight is 172 g/mol. The molecule has 0 aliphatic rings. The molecule has 60 valence electrons. The zero-order valence-corrected chi connectivity index (χ0v) is 7.07. The molecule has 1 rings (SSSR count). The number of methoxy groups -OCH3 is 1. The van der Waals surface area contributed by atoms with Gasteiger partial charge in [0, 0.05) is 7.05 Å².